The molecule has 0 aliphatic carbocycles. The average Bonchev–Trinajstić information content (AvgIpc) is 3.32. The van der Waals surface area contributed by atoms with Gasteiger partial charge in [0.1, 0.15) is 31.5 Å². The largest absolute Gasteiger partial charge is 0.463 e. The van der Waals surface area contributed by atoms with Crippen LogP contribution >= 0.6 is 0 Å². The van der Waals surface area contributed by atoms with E-state index >= 15 is 0 Å². The number of hydrogen-bond acceptors (Lipinski definition) is 12. The van der Waals surface area contributed by atoms with Crippen molar-refractivity contribution in [3.8, 4) is 0 Å². The van der Waals surface area contributed by atoms with Gasteiger partial charge in [-0.3, -0.25) is 28.8 Å². The van der Waals surface area contributed by atoms with E-state index in [-0.39, 0.29) is 87.9 Å². The van der Waals surface area contributed by atoms with Crippen molar-refractivity contribution < 1.29 is 52.5 Å². The van der Waals surface area contributed by atoms with Gasteiger partial charge in [0.05, 0.1) is 12.5 Å². The Morgan fingerprint density at radius 1 is 0.362 bits per heavy atom. The predicted molar refractivity (Wildman–Crippen MR) is 277 cm³/mol. The molecular weight excluding hydrogens is 877 g/mol. The lowest BCUT2D eigenvalue weighted by molar-refractivity contribution is -0.156. The van der Waals surface area contributed by atoms with Gasteiger partial charge in [-0.2, -0.15) is 0 Å². The summed E-state index contributed by atoms with van der Waals surface area (Å²) in [5.74, 6) is -2.21. The summed E-state index contributed by atoms with van der Waals surface area (Å²) in [6.07, 6.45) is 26.7. The molecule has 13 nitrogen and oxygen atoms in total. The summed E-state index contributed by atoms with van der Waals surface area (Å²) < 4.78 is 28.8. The molecule has 0 rings (SSSR count). The lowest BCUT2D eigenvalue weighted by Crippen LogP contribution is -2.47. The van der Waals surface area contributed by atoms with Gasteiger partial charge in [-0.15, -0.1) is 0 Å². The first kappa shape index (κ1) is 65.8. The Bertz CT molecular complexity index is 1250. The minimum atomic E-state index is -0.796. The molecule has 0 aliphatic heterocycles. The van der Waals surface area contributed by atoms with Crippen LogP contribution in [0.2, 0.25) is 0 Å². The predicted octanol–water partition coefficient (Wildman–Crippen LogP) is 12.9. The lowest BCUT2D eigenvalue weighted by Gasteiger charge is -2.32. The molecule has 0 fully saturated rings. The topological polar surface area (TPSA) is 155 Å². The van der Waals surface area contributed by atoms with Crippen molar-refractivity contribution >= 4 is 35.8 Å². The van der Waals surface area contributed by atoms with E-state index in [4.69, 9.17) is 23.7 Å². The molecule has 0 saturated heterocycles. The fourth-order valence-corrected chi connectivity index (χ4v) is 8.36. The molecule has 13 heteroatoms. The third-order valence-corrected chi connectivity index (χ3v) is 12.8. The van der Waals surface area contributed by atoms with Gasteiger partial charge in [0.25, 0.3) is 0 Å². The standard InChI is InChI=1S/C56H104N2O11/c1-9-15-18-21-23-26-34-48(13-5)67-54(62)39-30-28-37-52(60)65-45-47(46-66-53(61)38-29-31-40-55(63)68-49(14-6)35-27-24-22-19-16-10-2)58(44-32-43-57(7)8)51(59)41-42-56(64)69-50(33-12-4)36-25-20-17-11-3/h47-50H,9-46H2,1-8H3/t48-,49-,50?/m0/s1. The first-order valence-corrected chi connectivity index (χ1v) is 28.2. The molecule has 0 aromatic heterocycles. The summed E-state index contributed by atoms with van der Waals surface area (Å²) in [7, 11) is 3.88. The summed E-state index contributed by atoms with van der Waals surface area (Å²) in [5, 5.41) is 0. The van der Waals surface area contributed by atoms with Crippen molar-refractivity contribution in [3.05, 3.63) is 0 Å². The van der Waals surface area contributed by atoms with Crippen LogP contribution in [-0.4, -0.2) is 110 Å². The molecule has 1 unspecified atom stereocenters. The highest BCUT2D eigenvalue weighted by atomic mass is 16.6. The molecule has 404 valence electrons. The van der Waals surface area contributed by atoms with E-state index < -0.39 is 23.9 Å². The Morgan fingerprint density at radius 2 is 0.739 bits per heavy atom. The minimum absolute atomic E-state index is 0.0764. The van der Waals surface area contributed by atoms with Crippen LogP contribution in [0, 0.1) is 0 Å². The van der Waals surface area contributed by atoms with Crippen LogP contribution in [-0.2, 0) is 52.5 Å². The van der Waals surface area contributed by atoms with Gasteiger partial charge in [0.2, 0.25) is 5.91 Å². The number of esters is 5. The van der Waals surface area contributed by atoms with Gasteiger partial charge in [0.15, 0.2) is 0 Å². The summed E-state index contributed by atoms with van der Waals surface area (Å²) in [5.41, 5.74) is 0. The summed E-state index contributed by atoms with van der Waals surface area (Å²) in [6, 6.07) is -0.796. The highest BCUT2D eigenvalue weighted by molar-refractivity contribution is 5.82. The van der Waals surface area contributed by atoms with Crippen molar-refractivity contribution in [1.29, 1.82) is 0 Å². The maximum atomic E-state index is 14.0. The van der Waals surface area contributed by atoms with Crippen molar-refractivity contribution in [1.82, 2.24) is 9.80 Å². The van der Waals surface area contributed by atoms with Crippen LogP contribution in [0.15, 0.2) is 0 Å². The van der Waals surface area contributed by atoms with E-state index in [1.165, 1.54) is 51.4 Å². The first-order chi connectivity index (χ1) is 33.3. The zero-order chi connectivity index (χ0) is 51.3. The van der Waals surface area contributed by atoms with Crippen molar-refractivity contribution in [2.75, 3.05) is 40.4 Å². The number of carbonyl (C=O) groups excluding carboxylic acids is 6. The Balaban J connectivity index is 5.60. The van der Waals surface area contributed by atoms with E-state index in [2.05, 4.69) is 27.7 Å². The smallest absolute Gasteiger partial charge is 0.306 e. The summed E-state index contributed by atoms with van der Waals surface area (Å²) >= 11 is 0. The van der Waals surface area contributed by atoms with Gasteiger partial charge in [0, 0.05) is 38.6 Å². The second kappa shape index (κ2) is 45.9. The third kappa shape index (κ3) is 39.1. The van der Waals surface area contributed by atoms with Crippen LogP contribution in [0.25, 0.3) is 0 Å². The summed E-state index contributed by atoms with van der Waals surface area (Å²) in [4.78, 5) is 82.2. The molecule has 0 radical (unpaired) electrons. The van der Waals surface area contributed by atoms with Gasteiger partial charge >= 0.3 is 29.8 Å². The van der Waals surface area contributed by atoms with Gasteiger partial charge in [-0.1, -0.05) is 131 Å². The lowest BCUT2D eigenvalue weighted by atomic mass is 10.1. The zero-order valence-corrected chi connectivity index (χ0v) is 45.6. The highest BCUT2D eigenvalue weighted by Crippen LogP contribution is 2.19. The van der Waals surface area contributed by atoms with E-state index in [0.29, 0.717) is 45.2 Å². The Kier molecular flexibility index (Phi) is 43.7. The van der Waals surface area contributed by atoms with Gasteiger partial charge in [-0.25, -0.2) is 0 Å². The maximum Gasteiger partial charge on any atom is 0.306 e. The SMILES string of the molecule is CCCCCCCC[C@H](CC)OC(=O)CCCCC(=O)OCC(COC(=O)CCCCC(=O)O[C@@H](CC)CCCCCCCC)N(CCCN(C)C)C(=O)CCC(=O)OC(CCC)CCCCCC. The van der Waals surface area contributed by atoms with Crippen LogP contribution in [0.5, 0.6) is 0 Å². The van der Waals surface area contributed by atoms with E-state index in [9.17, 15) is 28.8 Å². The maximum absolute atomic E-state index is 14.0. The van der Waals surface area contributed by atoms with Crippen LogP contribution in [0.3, 0.4) is 0 Å². The molecule has 0 aromatic carbocycles. The number of hydrogen-bond donors (Lipinski definition) is 0. The minimum Gasteiger partial charge on any atom is -0.463 e. The molecule has 0 spiro atoms. The molecule has 0 aromatic rings. The second-order valence-electron chi connectivity index (χ2n) is 19.6. The molecule has 0 N–H and O–H groups in total. The van der Waals surface area contributed by atoms with E-state index in [1.54, 1.807) is 4.90 Å². The normalized spacial score (nSPS) is 12.7. The molecular formula is C56H104N2O11. The van der Waals surface area contributed by atoms with Crippen molar-refractivity contribution in [3.63, 3.8) is 0 Å². The van der Waals surface area contributed by atoms with Crippen LogP contribution in [0.4, 0.5) is 0 Å². The quantitative estimate of drug-likeness (QED) is 0.0324. The Labute approximate surface area is 421 Å². The Morgan fingerprint density at radius 3 is 1.16 bits per heavy atom. The van der Waals surface area contributed by atoms with Crippen molar-refractivity contribution in [2.45, 2.75) is 284 Å². The van der Waals surface area contributed by atoms with Crippen LogP contribution < -0.4 is 0 Å². The first-order valence-electron chi connectivity index (χ1n) is 28.2. The van der Waals surface area contributed by atoms with E-state index in [1.807, 2.05) is 32.8 Å². The monoisotopic (exact) mass is 981 g/mol. The number of carbonyl (C=O) groups is 6. The molecule has 69 heavy (non-hydrogen) atoms. The van der Waals surface area contributed by atoms with Crippen LogP contribution in [0.1, 0.15) is 260 Å². The molecule has 0 saturated carbocycles. The molecule has 0 heterocycles. The summed E-state index contributed by atoms with van der Waals surface area (Å²) in [6.45, 7) is 13.3. The molecule has 1 amide bonds. The van der Waals surface area contributed by atoms with E-state index in [0.717, 1.165) is 96.3 Å². The van der Waals surface area contributed by atoms with Crippen molar-refractivity contribution in [2.24, 2.45) is 0 Å². The van der Waals surface area contributed by atoms with Gasteiger partial charge < -0.3 is 33.5 Å². The number of rotatable bonds is 48. The highest BCUT2D eigenvalue weighted by Gasteiger charge is 2.28. The molecule has 0 aliphatic rings. The molecule has 0 bridgehead atoms. The second-order valence-corrected chi connectivity index (χ2v) is 19.6. The average molecular weight is 981 g/mol. The fraction of sp³-hybridized carbons (Fsp3) is 0.893. The Hall–Kier alpha value is -3.22. The number of ether oxygens (including phenoxy) is 5. The number of amides is 1. The zero-order valence-electron chi connectivity index (χ0n) is 45.6. The number of nitrogens with zero attached hydrogens (tertiary/aromatic N) is 2. The third-order valence-electron chi connectivity index (χ3n) is 12.8. The van der Waals surface area contributed by atoms with Gasteiger partial charge in [-0.05, 0) is 111 Å². The fourth-order valence-electron chi connectivity index (χ4n) is 8.36. The number of unbranched alkanes of at least 4 members (excludes halogenated alkanes) is 15. The molecule has 3 atom stereocenters.